The topological polar surface area (TPSA) is 46.9 Å². The normalized spacial score (nSPS) is 10.7. The van der Waals surface area contributed by atoms with Gasteiger partial charge in [0, 0.05) is 36.2 Å². The summed E-state index contributed by atoms with van der Waals surface area (Å²) in [6, 6.07) is 16.4. The van der Waals surface area contributed by atoms with Crippen LogP contribution in [0.15, 0.2) is 65.4 Å². The van der Waals surface area contributed by atoms with Crippen molar-refractivity contribution in [3.63, 3.8) is 0 Å². The van der Waals surface area contributed by atoms with Crippen LogP contribution in [-0.4, -0.2) is 22.2 Å². The zero-order chi connectivity index (χ0) is 18.4. The zero-order valence-electron chi connectivity index (χ0n) is 14.8. The molecule has 3 aromatic rings. The van der Waals surface area contributed by atoms with Gasteiger partial charge in [0.25, 0.3) is 0 Å². The number of aryl methyl sites for hydroxylation is 2. The van der Waals surface area contributed by atoms with Gasteiger partial charge in [0.1, 0.15) is 0 Å². The van der Waals surface area contributed by atoms with Gasteiger partial charge in [-0.25, -0.2) is 0 Å². The molecule has 1 heterocycles. The molecule has 1 aromatic heterocycles. The van der Waals surface area contributed by atoms with Crippen LogP contribution < -0.4 is 5.32 Å². The third-order valence-electron chi connectivity index (χ3n) is 4.31. The van der Waals surface area contributed by atoms with Crippen LogP contribution >= 0.6 is 15.9 Å². The van der Waals surface area contributed by atoms with Gasteiger partial charge in [-0.05, 0) is 35.6 Å². The fourth-order valence-electron chi connectivity index (χ4n) is 2.82. The number of carbonyl (C=O) groups is 1. The van der Waals surface area contributed by atoms with Gasteiger partial charge in [-0.15, -0.1) is 0 Å². The summed E-state index contributed by atoms with van der Waals surface area (Å²) in [7, 11) is 1.91. The Morgan fingerprint density at radius 2 is 1.85 bits per heavy atom. The maximum absolute atomic E-state index is 12.0. The van der Waals surface area contributed by atoms with E-state index < -0.39 is 0 Å². The van der Waals surface area contributed by atoms with E-state index in [1.54, 1.807) is 4.68 Å². The molecule has 0 radical (unpaired) electrons. The highest BCUT2D eigenvalue weighted by Gasteiger charge is 2.05. The fraction of sp³-hybridized carbons (Fsp3) is 0.238. The average molecular weight is 412 g/mol. The van der Waals surface area contributed by atoms with Gasteiger partial charge >= 0.3 is 0 Å². The molecule has 0 bridgehead atoms. The summed E-state index contributed by atoms with van der Waals surface area (Å²) in [6.45, 7) is 0.654. The van der Waals surface area contributed by atoms with Crippen molar-refractivity contribution in [3.8, 4) is 11.1 Å². The van der Waals surface area contributed by atoms with Crippen LogP contribution in [0.4, 0.5) is 0 Å². The van der Waals surface area contributed by atoms with Crippen molar-refractivity contribution in [1.82, 2.24) is 15.1 Å². The smallest absolute Gasteiger partial charge is 0.220 e. The summed E-state index contributed by atoms with van der Waals surface area (Å²) in [6.07, 6.45) is 5.93. The number of aromatic nitrogens is 2. The molecule has 134 valence electrons. The summed E-state index contributed by atoms with van der Waals surface area (Å²) in [5, 5.41) is 7.20. The predicted octanol–water partition coefficient (Wildman–Crippen LogP) is 4.14. The molecule has 0 saturated heterocycles. The lowest BCUT2D eigenvalue weighted by Crippen LogP contribution is -2.25. The molecule has 0 unspecified atom stereocenters. The van der Waals surface area contributed by atoms with Crippen molar-refractivity contribution in [3.05, 3.63) is 76.5 Å². The van der Waals surface area contributed by atoms with E-state index in [9.17, 15) is 4.79 Å². The number of rotatable bonds is 7. The Labute approximate surface area is 162 Å². The number of benzene rings is 2. The number of amides is 1. The first-order chi connectivity index (χ1) is 12.6. The van der Waals surface area contributed by atoms with Crippen LogP contribution in [-0.2, 0) is 24.7 Å². The third kappa shape index (κ3) is 5.05. The van der Waals surface area contributed by atoms with E-state index in [1.165, 1.54) is 5.56 Å². The lowest BCUT2D eigenvalue weighted by Gasteiger charge is -2.07. The first kappa shape index (κ1) is 18.4. The van der Waals surface area contributed by atoms with E-state index in [4.69, 9.17) is 0 Å². The minimum atomic E-state index is 0.0905. The Morgan fingerprint density at radius 1 is 1.08 bits per heavy atom. The highest BCUT2D eigenvalue weighted by Crippen LogP contribution is 2.19. The second-order valence-corrected chi connectivity index (χ2v) is 7.15. The number of nitrogens with one attached hydrogen (secondary N) is 1. The molecule has 1 amide bonds. The van der Waals surface area contributed by atoms with Crippen molar-refractivity contribution < 1.29 is 4.79 Å². The Hall–Kier alpha value is -2.40. The van der Waals surface area contributed by atoms with E-state index in [-0.39, 0.29) is 5.91 Å². The van der Waals surface area contributed by atoms with Crippen molar-refractivity contribution >= 4 is 21.8 Å². The second-order valence-electron chi connectivity index (χ2n) is 6.29. The average Bonchev–Trinajstić information content (AvgIpc) is 3.08. The number of hydrogen-bond donors (Lipinski definition) is 1. The van der Waals surface area contributed by atoms with Crippen LogP contribution in [0, 0.1) is 0 Å². The molecular weight excluding hydrogens is 390 g/mol. The molecule has 0 aliphatic carbocycles. The van der Waals surface area contributed by atoms with E-state index in [1.807, 2.05) is 43.7 Å². The van der Waals surface area contributed by atoms with Gasteiger partial charge < -0.3 is 5.32 Å². The summed E-state index contributed by atoms with van der Waals surface area (Å²) >= 11 is 3.52. The molecule has 0 fully saturated rings. The van der Waals surface area contributed by atoms with Gasteiger partial charge in [0.05, 0.1) is 6.20 Å². The van der Waals surface area contributed by atoms with Crippen molar-refractivity contribution in [2.24, 2.45) is 7.05 Å². The molecule has 5 heteroatoms. The number of carbonyl (C=O) groups excluding carboxylic acids is 1. The summed E-state index contributed by atoms with van der Waals surface area (Å²) in [5.74, 6) is 0.0905. The van der Waals surface area contributed by atoms with Crippen LogP contribution in [0.25, 0.3) is 11.1 Å². The highest BCUT2D eigenvalue weighted by atomic mass is 79.9. The first-order valence-electron chi connectivity index (χ1n) is 8.70. The maximum Gasteiger partial charge on any atom is 0.220 e. The Balaban J connectivity index is 1.43. The molecule has 2 aromatic carbocycles. The van der Waals surface area contributed by atoms with Gasteiger partial charge in [0.2, 0.25) is 5.91 Å². The predicted molar refractivity (Wildman–Crippen MR) is 108 cm³/mol. The van der Waals surface area contributed by atoms with Gasteiger partial charge in [-0.3, -0.25) is 9.48 Å². The molecule has 0 aliphatic heterocycles. The summed E-state index contributed by atoms with van der Waals surface area (Å²) < 4.78 is 2.86. The van der Waals surface area contributed by atoms with E-state index in [0.29, 0.717) is 13.0 Å². The molecule has 0 aliphatic rings. The SMILES string of the molecule is Cn1cc(-c2ccc(CCNC(=O)CCc3ccccc3Br)cc2)cn1. The van der Waals surface area contributed by atoms with Gasteiger partial charge in [-0.2, -0.15) is 5.10 Å². The number of nitrogens with zero attached hydrogens (tertiary/aromatic N) is 2. The molecule has 3 rings (SSSR count). The van der Waals surface area contributed by atoms with Crippen LogP contribution in [0.2, 0.25) is 0 Å². The summed E-state index contributed by atoms with van der Waals surface area (Å²) in [5.41, 5.74) is 4.64. The van der Waals surface area contributed by atoms with Crippen LogP contribution in [0.1, 0.15) is 17.5 Å². The molecule has 4 nitrogen and oxygen atoms in total. The molecule has 0 atom stereocenters. The van der Waals surface area contributed by atoms with Crippen molar-refractivity contribution in [1.29, 1.82) is 0 Å². The number of hydrogen-bond acceptors (Lipinski definition) is 2. The maximum atomic E-state index is 12.0. The van der Waals surface area contributed by atoms with E-state index in [0.717, 1.165) is 34.0 Å². The van der Waals surface area contributed by atoms with Gasteiger partial charge in [0.15, 0.2) is 0 Å². The van der Waals surface area contributed by atoms with Crippen molar-refractivity contribution in [2.75, 3.05) is 6.54 Å². The standard InChI is InChI=1S/C21H22BrN3O/c1-25-15-19(14-24-25)17-8-6-16(7-9-17)12-13-23-21(26)11-10-18-4-2-3-5-20(18)22/h2-9,14-15H,10-13H2,1H3,(H,23,26). The monoisotopic (exact) mass is 411 g/mol. The van der Waals surface area contributed by atoms with E-state index >= 15 is 0 Å². The molecule has 0 saturated carbocycles. The minimum absolute atomic E-state index is 0.0905. The Kier molecular flexibility index (Phi) is 6.23. The largest absolute Gasteiger partial charge is 0.356 e. The second kappa shape index (κ2) is 8.81. The minimum Gasteiger partial charge on any atom is -0.356 e. The molecule has 0 spiro atoms. The van der Waals surface area contributed by atoms with E-state index in [2.05, 4.69) is 50.6 Å². The van der Waals surface area contributed by atoms with Gasteiger partial charge in [-0.1, -0.05) is 58.4 Å². The van der Waals surface area contributed by atoms with Crippen LogP contribution in [0.5, 0.6) is 0 Å². The highest BCUT2D eigenvalue weighted by molar-refractivity contribution is 9.10. The fourth-order valence-corrected chi connectivity index (χ4v) is 3.30. The molecular formula is C21H22BrN3O. The lowest BCUT2D eigenvalue weighted by atomic mass is 10.1. The zero-order valence-corrected chi connectivity index (χ0v) is 16.4. The Morgan fingerprint density at radius 3 is 2.54 bits per heavy atom. The quantitative estimate of drug-likeness (QED) is 0.634. The third-order valence-corrected chi connectivity index (χ3v) is 5.08. The van der Waals surface area contributed by atoms with Crippen molar-refractivity contribution in [2.45, 2.75) is 19.3 Å². The summed E-state index contributed by atoms with van der Waals surface area (Å²) in [4.78, 5) is 12.0. The Bertz CT molecular complexity index is 871. The molecule has 26 heavy (non-hydrogen) atoms. The van der Waals surface area contributed by atoms with Crippen LogP contribution in [0.3, 0.4) is 0 Å². The molecule has 1 N–H and O–H groups in total. The number of halogens is 1. The lowest BCUT2D eigenvalue weighted by molar-refractivity contribution is -0.121. The first-order valence-corrected chi connectivity index (χ1v) is 9.49.